The highest BCUT2D eigenvalue weighted by molar-refractivity contribution is 6.08. The molecule has 7 rings (SSSR count). The largest absolute Gasteiger partial charge is 0.392 e. The van der Waals surface area contributed by atoms with Gasteiger partial charge in [0.05, 0.1) is 48.5 Å². The van der Waals surface area contributed by atoms with E-state index in [0.717, 1.165) is 44.1 Å². The van der Waals surface area contributed by atoms with Gasteiger partial charge in [0.2, 0.25) is 5.91 Å². The molecule has 55 heavy (non-hydrogen) atoms. The van der Waals surface area contributed by atoms with E-state index in [1.807, 2.05) is 39.0 Å². The molecule has 2 amide bonds. The maximum atomic E-state index is 15.5. The minimum absolute atomic E-state index is 0.000369. The maximum absolute atomic E-state index is 15.5. The fourth-order valence-electron chi connectivity index (χ4n) is 7.53. The zero-order chi connectivity index (χ0) is 39.2. The van der Waals surface area contributed by atoms with Crippen LogP contribution in [-0.4, -0.2) is 87.8 Å². The molecule has 288 valence electrons. The van der Waals surface area contributed by atoms with Crippen LogP contribution in [0.1, 0.15) is 54.7 Å². The highest BCUT2D eigenvalue weighted by Crippen LogP contribution is 2.36. The number of aryl methyl sites for hydroxylation is 1. The number of benzene rings is 2. The lowest BCUT2D eigenvalue weighted by Crippen LogP contribution is -2.59. The summed E-state index contributed by atoms with van der Waals surface area (Å²) in [6.45, 7) is 15.5. The number of halogens is 1. The molecule has 2 aromatic carbocycles. The van der Waals surface area contributed by atoms with Crippen molar-refractivity contribution in [2.75, 3.05) is 59.8 Å². The number of carbonyl (C=O) groups is 2. The summed E-state index contributed by atoms with van der Waals surface area (Å²) >= 11 is 0. The van der Waals surface area contributed by atoms with E-state index < -0.39 is 23.9 Å². The molecule has 0 saturated carbocycles. The second-order valence-corrected chi connectivity index (χ2v) is 15.4. The van der Waals surface area contributed by atoms with Crippen LogP contribution in [0.25, 0.3) is 11.3 Å². The molecule has 0 unspecified atom stereocenters. The minimum Gasteiger partial charge on any atom is -0.392 e. The van der Waals surface area contributed by atoms with Crippen molar-refractivity contribution in [3.8, 4) is 11.3 Å². The van der Waals surface area contributed by atoms with Crippen LogP contribution in [0.4, 0.5) is 33.1 Å². The van der Waals surface area contributed by atoms with Gasteiger partial charge < -0.3 is 29.9 Å². The van der Waals surface area contributed by atoms with Crippen molar-refractivity contribution in [2.45, 2.75) is 58.2 Å². The van der Waals surface area contributed by atoms with E-state index in [1.165, 1.54) is 27.8 Å². The second kappa shape index (κ2) is 15.0. The number of ether oxygens (including phenoxy) is 1. The number of nitrogens with one attached hydrogen (secondary N) is 2. The number of aliphatic hydroxyl groups excluding tert-OH is 1. The molecule has 0 aliphatic carbocycles. The number of hydrogen-bond acceptors (Lipinski definition) is 10. The molecule has 2 fully saturated rings. The van der Waals surface area contributed by atoms with Gasteiger partial charge in [-0.05, 0) is 66.3 Å². The van der Waals surface area contributed by atoms with Crippen LogP contribution >= 0.6 is 0 Å². The van der Waals surface area contributed by atoms with Gasteiger partial charge in [0.1, 0.15) is 11.6 Å². The predicted octanol–water partition coefficient (Wildman–Crippen LogP) is 4.75. The third-order valence-corrected chi connectivity index (χ3v) is 10.7. The quantitative estimate of drug-likeness (QED) is 0.205. The standard InChI is InChI=1S/C41H47FN8O5/c1-7-35(52)45-32-18-27(8-9-34(32)49-15-14-48(19-24(49)2)28-22-55-23-28)44-37-40(54)47(6)20-33(46-37)29-10-12-43-38(30(29)21-51)50-13-11-25-16-26(41(3,4)5)17-31(42)36(25)39(50)53/h7-10,12,16-18,20,24,28,51H,1,11,13-15,19,21-23H2,2-6H3,(H,44,46)(H,45,52)/t24-/m0/s1. The molecule has 3 aliphatic heterocycles. The number of fused-ring (bicyclic) bond motifs is 1. The summed E-state index contributed by atoms with van der Waals surface area (Å²) in [6.07, 6.45) is 4.66. The Labute approximate surface area is 319 Å². The minimum atomic E-state index is -0.592. The molecule has 0 radical (unpaired) electrons. The first-order chi connectivity index (χ1) is 26.3. The van der Waals surface area contributed by atoms with Gasteiger partial charge in [-0.25, -0.2) is 14.4 Å². The van der Waals surface area contributed by atoms with Crippen LogP contribution < -0.4 is 26.0 Å². The van der Waals surface area contributed by atoms with E-state index in [1.54, 1.807) is 25.4 Å². The lowest BCUT2D eigenvalue weighted by Gasteiger charge is -2.46. The van der Waals surface area contributed by atoms with Crippen LogP contribution in [0.15, 0.2) is 66.2 Å². The molecule has 3 N–H and O–H groups in total. The number of hydrogen-bond donors (Lipinski definition) is 3. The van der Waals surface area contributed by atoms with Crippen LogP contribution in [0, 0.1) is 5.82 Å². The summed E-state index contributed by atoms with van der Waals surface area (Å²) in [5.74, 6) is -1.31. The highest BCUT2D eigenvalue weighted by atomic mass is 19.1. The zero-order valence-corrected chi connectivity index (χ0v) is 31.9. The SMILES string of the molecule is C=CC(=O)Nc1cc(Nc2nc(-c3ccnc(N4CCc5cc(C(C)(C)C)cc(F)c5C4=O)c3CO)cn(C)c2=O)ccc1N1CCN(C2COC2)C[C@@H]1C. The monoisotopic (exact) mass is 750 g/mol. The molecular formula is C41H47FN8O5. The average Bonchev–Trinajstić information content (AvgIpc) is 3.12. The number of amides is 2. The third kappa shape index (κ3) is 7.36. The number of carbonyl (C=O) groups excluding carboxylic acids is 2. The van der Waals surface area contributed by atoms with Gasteiger partial charge in [-0.15, -0.1) is 0 Å². The first kappa shape index (κ1) is 37.9. The number of aliphatic hydroxyl groups is 1. The van der Waals surface area contributed by atoms with Crippen LogP contribution in [0.5, 0.6) is 0 Å². The molecule has 2 aromatic heterocycles. The normalized spacial score (nSPS) is 17.8. The van der Waals surface area contributed by atoms with E-state index in [-0.39, 0.29) is 41.1 Å². The van der Waals surface area contributed by atoms with Gasteiger partial charge in [-0.2, -0.15) is 0 Å². The van der Waals surface area contributed by atoms with Gasteiger partial charge in [-0.3, -0.25) is 24.2 Å². The van der Waals surface area contributed by atoms with E-state index in [0.29, 0.717) is 46.2 Å². The molecule has 13 nitrogen and oxygen atoms in total. The maximum Gasteiger partial charge on any atom is 0.293 e. The van der Waals surface area contributed by atoms with Crippen molar-refractivity contribution in [1.29, 1.82) is 0 Å². The molecular weight excluding hydrogens is 704 g/mol. The molecule has 1 atom stereocenters. The van der Waals surface area contributed by atoms with E-state index >= 15 is 4.39 Å². The Bertz CT molecular complexity index is 2230. The lowest BCUT2D eigenvalue weighted by atomic mass is 9.83. The Morgan fingerprint density at radius 2 is 1.91 bits per heavy atom. The first-order valence-corrected chi connectivity index (χ1v) is 18.5. The topological polar surface area (TPSA) is 145 Å². The Hall–Kier alpha value is -5.44. The van der Waals surface area contributed by atoms with Crippen molar-refractivity contribution in [3.63, 3.8) is 0 Å². The van der Waals surface area contributed by atoms with Crippen LogP contribution in [0.2, 0.25) is 0 Å². The fourth-order valence-corrected chi connectivity index (χ4v) is 7.53. The van der Waals surface area contributed by atoms with Crippen molar-refractivity contribution in [3.05, 3.63) is 99.9 Å². The van der Waals surface area contributed by atoms with Gasteiger partial charge in [0, 0.05) is 68.5 Å². The molecule has 3 aliphatic rings. The number of piperazine rings is 1. The second-order valence-electron chi connectivity index (χ2n) is 15.4. The van der Waals surface area contributed by atoms with Crippen molar-refractivity contribution in [2.24, 2.45) is 7.05 Å². The van der Waals surface area contributed by atoms with Crippen LogP contribution in [0.3, 0.4) is 0 Å². The first-order valence-electron chi connectivity index (χ1n) is 18.5. The molecule has 14 heteroatoms. The third-order valence-electron chi connectivity index (χ3n) is 10.7. The molecule has 0 bridgehead atoms. The average molecular weight is 751 g/mol. The van der Waals surface area contributed by atoms with E-state index in [9.17, 15) is 19.5 Å². The summed E-state index contributed by atoms with van der Waals surface area (Å²) < 4.78 is 22.3. The molecule has 4 aromatic rings. The van der Waals surface area contributed by atoms with Gasteiger partial charge in [0.15, 0.2) is 5.82 Å². The van der Waals surface area contributed by atoms with Gasteiger partial charge in [-0.1, -0.05) is 33.4 Å². The molecule has 2 saturated heterocycles. The smallest absolute Gasteiger partial charge is 0.293 e. The summed E-state index contributed by atoms with van der Waals surface area (Å²) in [4.78, 5) is 55.1. The van der Waals surface area contributed by atoms with Gasteiger partial charge in [0.25, 0.3) is 11.5 Å². The van der Waals surface area contributed by atoms with Crippen molar-refractivity contribution >= 4 is 40.5 Å². The van der Waals surface area contributed by atoms with Crippen molar-refractivity contribution in [1.82, 2.24) is 19.4 Å². The summed E-state index contributed by atoms with van der Waals surface area (Å²) in [7, 11) is 1.59. The molecule has 5 heterocycles. The van der Waals surface area contributed by atoms with E-state index in [2.05, 4.69) is 43.9 Å². The Morgan fingerprint density at radius 1 is 1.13 bits per heavy atom. The molecule has 0 spiro atoms. The van der Waals surface area contributed by atoms with Crippen molar-refractivity contribution < 1.29 is 23.8 Å². The number of rotatable bonds is 9. The highest BCUT2D eigenvalue weighted by Gasteiger charge is 2.34. The number of pyridine rings is 1. The van der Waals surface area contributed by atoms with Crippen LogP contribution in [-0.2, 0) is 35.0 Å². The summed E-state index contributed by atoms with van der Waals surface area (Å²) in [5.41, 5.74) is 3.73. The number of nitrogens with zero attached hydrogens (tertiary/aromatic N) is 6. The van der Waals surface area contributed by atoms with Gasteiger partial charge >= 0.3 is 0 Å². The summed E-state index contributed by atoms with van der Waals surface area (Å²) in [5, 5.41) is 16.8. The fraction of sp³-hybridized carbons (Fsp3) is 0.390. The lowest BCUT2D eigenvalue weighted by molar-refractivity contribution is -0.111. The zero-order valence-electron chi connectivity index (χ0n) is 31.9. The number of anilines is 5. The summed E-state index contributed by atoms with van der Waals surface area (Å²) in [6, 6.07) is 11.1. The Kier molecular flexibility index (Phi) is 10.3. The number of aromatic nitrogens is 3. The van der Waals surface area contributed by atoms with E-state index in [4.69, 9.17) is 4.74 Å². The Morgan fingerprint density at radius 3 is 2.58 bits per heavy atom. The Balaban J connectivity index is 1.19. The predicted molar refractivity (Wildman–Crippen MR) is 211 cm³/mol.